The van der Waals surface area contributed by atoms with Gasteiger partial charge in [0.25, 0.3) is 0 Å². The van der Waals surface area contributed by atoms with Gasteiger partial charge in [0.15, 0.2) is 11.6 Å². The number of aryl methyl sites for hydroxylation is 1. The van der Waals surface area contributed by atoms with E-state index < -0.39 is 0 Å². The van der Waals surface area contributed by atoms with Crippen molar-refractivity contribution in [2.75, 3.05) is 37.4 Å². The molecule has 0 bridgehead atoms. The topological polar surface area (TPSA) is 57.7 Å². The monoisotopic (exact) mass is 374 g/mol. The molecule has 2 amide bonds. The minimum atomic E-state index is -0.143. The van der Waals surface area contributed by atoms with Crippen LogP contribution in [0.15, 0.2) is 36.5 Å². The molecular formula is C19H23ClN4O2. The van der Waals surface area contributed by atoms with E-state index in [2.05, 4.69) is 10.3 Å². The van der Waals surface area contributed by atoms with Crippen molar-refractivity contribution in [3.05, 3.63) is 47.1 Å². The number of nitrogens with one attached hydrogen (secondary N) is 1. The van der Waals surface area contributed by atoms with Crippen LogP contribution in [-0.2, 0) is 0 Å². The molecule has 1 saturated heterocycles. The Bertz CT molecular complexity index is 797. The molecule has 3 rings (SSSR count). The lowest BCUT2D eigenvalue weighted by Gasteiger charge is -2.20. The van der Waals surface area contributed by atoms with Crippen LogP contribution in [0, 0.1) is 6.92 Å². The number of hydrogen-bond acceptors (Lipinski definition) is 4. The summed E-state index contributed by atoms with van der Waals surface area (Å²) < 4.78 is 6.09. The zero-order valence-electron chi connectivity index (χ0n) is 15.2. The van der Waals surface area contributed by atoms with Gasteiger partial charge in [0.05, 0.1) is 6.54 Å². The van der Waals surface area contributed by atoms with E-state index in [-0.39, 0.29) is 12.1 Å². The van der Waals surface area contributed by atoms with Crippen molar-refractivity contribution < 1.29 is 9.53 Å². The van der Waals surface area contributed by atoms with Crippen molar-refractivity contribution in [2.45, 2.75) is 19.4 Å². The fraction of sp³-hybridized carbons (Fsp3) is 0.368. The highest BCUT2D eigenvalue weighted by Gasteiger charge is 2.28. The summed E-state index contributed by atoms with van der Waals surface area (Å²) in [6, 6.07) is 9.11. The Kier molecular flexibility index (Phi) is 5.52. The van der Waals surface area contributed by atoms with Gasteiger partial charge in [0.1, 0.15) is 6.10 Å². The molecule has 1 aromatic carbocycles. The molecule has 1 aromatic heterocycles. The van der Waals surface area contributed by atoms with Gasteiger partial charge < -0.3 is 19.9 Å². The summed E-state index contributed by atoms with van der Waals surface area (Å²) in [6.07, 6.45) is 2.47. The average molecular weight is 375 g/mol. The Balaban J connectivity index is 1.60. The fourth-order valence-electron chi connectivity index (χ4n) is 2.87. The van der Waals surface area contributed by atoms with Gasteiger partial charge in [-0.05, 0) is 36.8 Å². The Hall–Kier alpha value is -2.47. The second kappa shape index (κ2) is 7.83. The molecule has 26 heavy (non-hydrogen) atoms. The second-order valence-corrected chi connectivity index (χ2v) is 7.00. The van der Waals surface area contributed by atoms with E-state index in [0.29, 0.717) is 23.8 Å². The smallest absolute Gasteiger partial charge is 0.321 e. The van der Waals surface area contributed by atoms with E-state index in [9.17, 15) is 4.79 Å². The predicted octanol–water partition coefficient (Wildman–Crippen LogP) is 3.79. The molecule has 1 atom stereocenters. The molecular weight excluding hydrogens is 352 g/mol. The van der Waals surface area contributed by atoms with Crippen LogP contribution < -0.4 is 15.0 Å². The molecule has 1 aliphatic heterocycles. The quantitative estimate of drug-likeness (QED) is 0.884. The zero-order chi connectivity index (χ0) is 18.7. The van der Waals surface area contributed by atoms with E-state index >= 15 is 0 Å². The Morgan fingerprint density at radius 2 is 2.19 bits per heavy atom. The second-order valence-electron chi connectivity index (χ2n) is 6.59. The number of aromatic nitrogens is 1. The Morgan fingerprint density at radius 3 is 2.92 bits per heavy atom. The van der Waals surface area contributed by atoms with Crippen molar-refractivity contribution in [2.24, 2.45) is 0 Å². The highest BCUT2D eigenvalue weighted by Crippen LogP contribution is 2.27. The molecule has 1 aliphatic rings. The minimum absolute atomic E-state index is 0.0507. The number of carbonyl (C=O) groups is 1. The lowest BCUT2D eigenvalue weighted by molar-refractivity contribution is 0.195. The summed E-state index contributed by atoms with van der Waals surface area (Å²) in [7, 11) is 3.85. The molecule has 7 heteroatoms. The maximum absolute atomic E-state index is 12.5. The maximum Gasteiger partial charge on any atom is 0.321 e. The van der Waals surface area contributed by atoms with E-state index in [1.54, 1.807) is 17.2 Å². The molecule has 0 aliphatic carbocycles. The maximum atomic E-state index is 12.5. The lowest BCUT2D eigenvalue weighted by Crippen LogP contribution is -2.34. The van der Waals surface area contributed by atoms with E-state index in [1.165, 1.54) is 0 Å². The summed E-state index contributed by atoms with van der Waals surface area (Å²) in [4.78, 5) is 20.5. The summed E-state index contributed by atoms with van der Waals surface area (Å²) in [5.41, 5.74) is 1.67. The molecule has 2 heterocycles. The number of ether oxygens (including phenoxy) is 1. The number of urea groups is 1. The normalized spacial score (nSPS) is 16.5. The van der Waals surface area contributed by atoms with Crippen molar-refractivity contribution >= 4 is 29.1 Å². The van der Waals surface area contributed by atoms with Crippen molar-refractivity contribution in [3.63, 3.8) is 0 Å². The highest BCUT2D eigenvalue weighted by atomic mass is 35.5. The summed E-state index contributed by atoms with van der Waals surface area (Å²) in [5, 5.41) is 3.53. The zero-order valence-corrected chi connectivity index (χ0v) is 16.0. The third-order valence-electron chi connectivity index (χ3n) is 4.32. The summed E-state index contributed by atoms with van der Waals surface area (Å²) in [5.74, 6) is 1.51. The minimum Gasteiger partial charge on any atom is -0.485 e. The molecule has 1 unspecified atom stereocenters. The third kappa shape index (κ3) is 4.19. The molecule has 138 valence electrons. The van der Waals surface area contributed by atoms with E-state index in [4.69, 9.17) is 16.3 Å². The van der Waals surface area contributed by atoms with Crippen LogP contribution in [-0.4, -0.2) is 49.2 Å². The molecule has 2 aromatic rings. The van der Waals surface area contributed by atoms with Crippen molar-refractivity contribution in [1.29, 1.82) is 0 Å². The number of anilines is 2. The van der Waals surface area contributed by atoms with Gasteiger partial charge in [-0.2, -0.15) is 0 Å². The predicted molar refractivity (Wildman–Crippen MR) is 104 cm³/mol. The van der Waals surface area contributed by atoms with Crippen LogP contribution in [0.25, 0.3) is 0 Å². The first-order chi connectivity index (χ1) is 12.4. The summed E-state index contributed by atoms with van der Waals surface area (Å²) in [6.45, 7) is 3.11. The number of amides is 2. The van der Waals surface area contributed by atoms with Crippen molar-refractivity contribution in [1.82, 2.24) is 9.88 Å². The third-order valence-corrected chi connectivity index (χ3v) is 4.73. The van der Waals surface area contributed by atoms with Gasteiger partial charge in [0.2, 0.25) is 0 Å². The number of hydrogen-bond donors (Lipinski definition) is 1. The molecule has 6 nitrogen and oxygen atoms in total. The van der Waals surface area contributed by atoms with Crippen LogP contribution >= 0.6 is 11.6 Å². The number of rotatable bonds is 4. The van der Waals surface area contributed by atoms with Crippen LogP contribution in [0.5, 0.6) is 5.75 Å². The fourth-order valence-corrected chi connectivity index (χ4v) is 3.05. The van der Waals surface area contributed by atoms with Gasteiger partial charge >= 0.3 is 6.03 Å². The van der Waals surface area contributed by atoms with Crippen LogP contribution in [0.2, 0.25) is 5.02 Å². The Labute approximate surface area is 158 Å². The number of pyridine rings is 1. The number of benzene rings is 1. The molecule has 0 saturated carbocycles. The summed E-state index contributed by atoms with van der Waals surface area (Å²) >= 11 is 6.12. The van der Waals surface area contributed by atoms with Crippen LogP contribution in [0.4, 0.5) is 16.3 Å². The first-order valence-corrected chi connectivity index (χ1v) is 8.93. The number of likely N-dealkylation sites (tertiary alicyclic amines) is 1. The molecule has 0 spiro atoms. The first kappa shape index (κ1) is 18.3. The largest absolute Gasteiger partial charge is 0.485 e. The number of nitrogens with zero attached hydrogens (tertiary/aromatic N) is 3. The number of carbonyl (C=O) groups excluding carboxylic acids is 1. The van der Waals surface area contributed by atoms with E-state index in [1.807, 2.05) is 50.2 Å². The molecule has 1 N–H and O–H groups in total. The average Bonchev–Trinajstić information content (AvgIpc) is 3.07. The van der Waals surface area contributed by atoms with Gasteiger partial charge in [-0.1, -0.05) is 17.7 Å². The van der Waals surface area contributed by atoms with E-state index in [0.717, 1.165) is 23.6 Å². The lowest BCUT2D eigenvalue weighted by atomic mass is 10.2. The SMILES string of the molecule is Cc1ccc(NC(=O)N2CCC(Oc3cccnc3N(C)C)C2)cc1Cl. The van der Waals surface area contributed by atoms with Gasteiger partial charge in [-0.15, -0.1) is 0 Å². The van der Waals surface area contributed by atoms with Crippen molar-refractivity contribution in [3.8, 4) is 5.75 Å². The number of halogens is 1. The highest BCUT2D eigenvalue weighted by molar-refractivity contribution is 6.31. The standard InChI is InChI=1S/C19H23ClN4O2/c1-13-6-7-14(11-16(13)20)22-19(25)24-10-8-15(12-24)26-17-5-4-9-21-18(17)23(2)3/h4-7,9,11,15H,8,10,12H2,1-3H3,(H,22,25). The van der Waals surface area contributed by atoms with Gasteiger partial charge in [-0.3, -0.25) is 0 Å². The van der Waals surface area contributed by atoms with Crippen LogP contribution in [0.3, 0.4) is 0 Å². The Morgan fingerprint density at radius 1 is 1.38 bits per heavy atom. The van der Waals surface area contributed by atoms with Gasteiger partial charge in [0, 0.05) is 44.0 Å². The van der Waals surface area contributed by atoms with Gasteiger partial charge in [-0.25, -0.2) is 9.78 Å². The molecule has 1 fully saturated rings. The first-order valence-electron chi connectivity index (χ1n) is 8.55. The van der Waals surface area contributed by atoms with Crippen LogP contribution in [0.1, 0.15) is 12.0 Å². The molecule has 0 radical (unpaired) electrons.